The largest absolute Gasteiger partial charge is 0.276 e. The smallest absolute Gasteiger partial charge is 0.0416 e. The second-order valence-electron chi connectivity index (χ2n) is 4.31. The molecule has 0 unspecified atom stereocenters. The van der Waals surface area contributed by atoms with Gasteiger partial charge < -0.3 is 0 Å². The van der Waals surface area contributed by atoms with Crippen LogP contribution in [0.3, 0.4) is 0 Å². The molecule has 0 N–H and O–H groups in total. The third kappa shape index (κ3) is 3.19. The van der Waals surface area contributed by atoms with Crippen molar-refractivity contribution in [3.63, 3.8) is 0 Å². The summed E-state index contributed by atoms with van der Waals surface area (Å²) in [6.07, 6.45) is 7.25. The van der Waals surface area contributed by atoms with E-state index < -0.39 is 0 Å². The van der Waals surface area contributed by atoms with Gasteiger partial charge in [-0.15, -0.1) is 0 Å². The van der Waals surface area contributed by atoms with Crippen molar-refractivity contribution in [1.82, 2.24) is 9.34 Å². The SMILES string of the molecule is CN(C)P(C1CCCCC1)N(C)C. The first-order valence-corrected chi connectivity index (χ1v) is 6.58. The number of hydrogen-bond acceptors (Lipinski definition) is 2. The first-order valence-electron chi connectivity index (χ1n) is 5.26. The van der Waals surface area contributed by atoms with Crippen LogP contribution in [0, 0.1) is 0 Å². The highest BCUT2D eigenvalue weighted by molar-refractivity contribution is 7.53. The molecule has 0 amide bonds. The van der Waals surface area contributed by atoms with Gasteiger partial charge in [-0.1, -0.05) is 19.3 Å². The Bertz CT molecular complexity index is 134. The number of nitrogens with zero attached hydrogens (tertiary/aromatic N) is 2. The van der Waals surface area contributed by atoms with Crippen molar-refractivity contribution in [1.29, 1.82) is 0 Å². The van der Waals surface area contributed by atoms with Crippen LogP contribution in [0.4, 0.5) is 0 Å². The van der Waals surface area contributed by atoms with Gasteiger partial charge in [0.15, 0.2) is 0 Å². The van der Waals surface area contributed by atoms with E-state index in [0.29, 0.717) is 0 Å². The summed E-state index contributed by atoms with van der Waals surface area (Å²) in [5.41, 5.74) is 0.953. The Morgan fingerprint density at radius 3 is 1.69 bits per heavy atom. The van der Waals surface area contributed by atoms with Crippen LogP contribution in [0.5, 0.6) is 0 Å². The topological polar surface area (TPSA) is 6.48 Å². The first-order chi connectivity index (χ1) is 6.13. The molecule has 0 atom stereocenters. The molecule has 0 bridgehead atoms. The van der Waals surface area contributed by atoms with Gasteiger partial charge in [0.1, 0.15) is 0 Å². The maximum Gasteiger partial charge on any atom is 0.0416 e. The molecule has 1 rings (SSSR count). The van der Waals surface area contributed by atoms with Crippen LogP contribution >= 0.6 is 8.22 Å². The molecule has 0 heterocycles. The Morgan fingerprint density at radius 2 is 1.31 bits per heavy atom. The highest BCUT2D eigenvalue weighted by atomic mass is 31.1. The molecule has 0 aliphatic heterocycles. The van der Waals surface area contributed by atoms with Crippen LogP contribution < -0.4 is 0 Å². The molecule has 3 heteroatoms. The predicted octanol–water partition coefficient (Wildman–Crippen LogP) is 2.75. The fourth-order valence-corrected chi connectivity index (χ4v) is 5.17. The predicted molar refractivity (Wildman–Crippen MR) is 61.2 cm³/mol. The van der Waals surface area contributed by atoms with Gasteiger partial charge in [-0.25, -0.2) is 0 Å². The third-order valence-electron chi connectivity index (χ3n) is 2.72. The van der Waals surface area contributed by atoms with Crippen molar-refractivity contribution in [2.45, 2.75) is 37.8 Å². The average molecular weight is 202 g/mol. The number of hydrogen-bond donors (Lipinski definition) is 0. The maximum absolute atomic E-state index is 2.42. The van der Waals surface area contributed by atoms with Crippen LogP contribution in [0.25, 0.3) is 0 Å². The molecule has 1 saturated carbocycles. The summed E-state index contributed by atoms with van der Waals surface area (Å²) >= 11 is 0. The quantitative estimate of drug-likeness (QED) is 0.649. The van der Waals surface area contributed by atoms with E-state index in [2.05, 4.69) is 37.5 Å². The standard InChI is InChI=1S/C10H23N2P/c1-11(2)13(12(3)4)10-8-6-5-7-9-10/h10H,5-9H2,1-4H3. The molecular formula is C10H23N2P. The van der Waals surface area contributed by atoms with Crippen molar-refractivity contribution in [3.8, 4) is 0 Å². The van der Waals surface area contributed by atoms with Crippen molar-refractivity contribution in [2.75, 3.05) is 28.2 Å². The fourth-order valence-electron chi connectivity index (χ4n) is 2.32. The summed E-state index contributed by atoms with van der Waals surface area (Å²) in [6.45, 7) is 0. The zero-order valence-electron chi connectivity index (χ0n) is 9.45. The highest BCUT2D eigenvalue weighted by Crippen LogP contribution is 2.50. The van der Waals surface area contributed by atoms with Crippen LogP contribution in [-0.2, 0) is 0 Å². The lowest BCUT2D eigenvalue weighted by atomic mass is 10.0. The Morgan fingerprint density at radius 1 is 0.846 bits per heavy atom. The molecule has 1 aliphatic rings. The molecule has 0 aromatic carbocycles. The van der Waals surface area contributed by atoms with Crippen LogP contribution in [0.1, 0.15) is 32.1 Å². The zero-order chi connectivity index (χ0) is 9.84. The first kappa shape index (κ1) is 11.4. The summed E-state index contributed by atoms with van der Waals surface area (Å²) < 4.78 is 4.84. The molecule has 13 heavy (non-hydrogen) atoms. The zero-order valence-corrected chi connectivity index (χ0v) is 10.3. The molecule has 0 spiro atoms. The van der Waals surface area contributed by atoms with Gasteiger partial charge in [0, 0.05) is 13.9 Å². The summed E-state index contributed by atoms with van der Waals surface area (Å²) in [5, 5.41) is 0. The normalized spacial score (nSPS) is 20.5. The fraction of sp³-hybridized carbons (Fsp3) is 1.00. The number of rotatable bonds is 3. The van der Waals surface area contributed by atoms with E-state index in [-0.39, 0.29) is 8.22 Å². The molecule has 0 radical (unpaired) electrons. The van der Waals surface area contributed by atoms with E-state index in [1.54, 1.807) is 0 Å². The van der Waals surface area contributed by atoms with Gasteiger partial charge in [-0.05, 0) is 41.0 Å². The van der Waals surface area contributed by atoms with E-state index in [0.717, 1.165) is 5.66 Å². The van der Waals surface area contributed by atoms with Gasteiger partial charge in [-0.3, -0.25) is 9.34 Å². The molecule has 0 saturated heterocycles. The third-order valence-corrected chi connectivity index (χ3v) is 5.53. The Kier molecular flexibility index (Phi) is 4.64. The van der Waals surface area contributed by atoms with Gasteiger partial charge in [0.2, 0.25) is 0 Å². The summed E-state index contributed by atoms with van der Waals surface area (Å²) in [7, 11) is 8.86. The minimum Gasteiger partial charge on any atom is -0.276 e. The lowest BCUT2D eigenvalue weighted by Gasteiger charge is -2.38. The lowest BCUT2D eigenvalue weighted by molar-refractivity contribution is 0.470. The minimum absolute atomic E-state index is 0.0302. The van der Waals surface area contributed by atoms with Crippen molar-refractivity contribution in [3.05, 3.63) is 0 Å². The van der Waals surface area contributed by atoms with E-state index in [1.165, 1.54) is 32.1 Å². The minimum atomic E-state index is -0.0302. The summed E-state index contributed by atoms with van der Waals surface area (Å²) in [5.74, 6) is 0. The van der Waals surface area contributed by atoms with Crippen LogP contribution in [-0.4, -0.2) is 43.2 Å². The van der Waals surface area contributed by atoms with Gasteiger partial charge >= 0.3 is 0 Å². The average Bonchev–Trinajstić information content (AvgIpc) is 2.04. The molecule has 0 aromatic heterocycles. The van der Waals surface area contributed by atoms with Gasteiger partial charge in [0.25, 0.3) is 0 Å². The highest BCUT2D eigenvalue weighted by Gasteiger charge is 2.26. The van der Waals surface area contributed by atoms with E-state index >= 15 is 0 Å². The molecule has 0 aromatic rings. The Balaban J connectivity index is 2.52. The monoisotopic (exact) mass is 202 g/mol. The van der Waals surface area contributed by atoms with Gasteiger partial charge in [-0.2, -0.15) is 0 Å². The Hall–Kier alpha value is 0.350. The molecule has 1 aliphatic carbocycles. The second kappa shape index (κ2) is 5.29. The van der Waals surface area contributed by atoms with Crippen molar-refractivity contribution in [2.24, 2.45) is 0 Å². The summed E-state index contributed by atoms with van der Waals surface area (Å²) in [4.78, 5) is 0. The van der Waals surface area contributed by atoms with Crippen LogP contribution in [0.2, 0.25) is 0 Å². The lowest BCUT2D eigenvalue weighted by Crippen LogP contribution is -2.26. The van der Waals surface area contributed by atoms with Crippen molar-refractivity contribution < 1.29 is 0 Å². The second-order valence-corrected chi connectivity index (χ2v) is 7.28. The Labute approximate surface area is 84.1 Å². The van der Waals surface area contributed by atoms with Gasteiger partial charge in [0.05, 0.1) is 0 Å². The van der Waals surface area contributed by atoms with Crippen molar-refractivity contribution >= 4 is 8.22 Å². The van der Waals surface area contributed by atoms with E-state index in [9.17, 15) is 0 Å². The molecular weight excluding hydrogens is 179 g/mol. The molecule has 1 fully saturated rings. The van der Waals surface area contributed by atoms with E-state index in [4.69, 9.17) is 0 Å². The summed E-state index contributed by atoms with van der Waals surface area (Å²) in [6, 6.07) is 0. The van der Waals surface area contributed by atoms with E-state index in [1.807, 2.05) is 0 Å². The molecule has 78 valence electrons. The molecule has 2 nitrogen and oxygen atoms in total. The van der Waals surface area contributed by atoms with Crippen LogP contribution in [0.15, 0.2) is 0 Å². The maximum atomic E-state index is 2.42.